The van der Waals surface area contributed by atoms with Crippen LogP contribution in [0.1, 0.15) is 25.7 Å². The highest BCUT2D eigenvalue weighted by Crippen LogP contribution is 2.40. The Morgan fingerprint density at radius 1 is 1.00 bits per heavy atom. The lowest BCUT2D eigenvalue weighted by Gasteiger charge is -2.23. The van der Waals surface area contributed by atoms with Crippen LogP contribution in [0, 0.1) is 5.92 Å². The summed E-state index contributed by atoms with van der Waals surface area (Å²) in [7, 11) is 0. The number of ether oxygens (including phenoxy) is 1. The van der Waals surface area contributed by atoms with Gasteiger partial charge in [-0.1, -0.05) is 12.8 Å². The summed E-state index contributed by atoms with van der Waals surface area (Å²) in [6, 6.07) is 0. The van der Waals surface area contributed by atoms with Gasteiger partial charge in [0.15, 0.2) is 0 Å². The quantitative estimate of drug-likeness (QED) is 0.438. The molecular formula is C9H14O3. The van der Waals surface area contributed by atoms with Crippen LogP contribution in [0.25, 0.3) is 0 Å². The molecule has 2 saturated heterocycles. The van der Waals surface area contributed by atoms with E-state index in [0.717, 1.165) is 0 Å². The highest BCUT2D eigenvalue weighted by atomic mass is 17.2. The third kappa shape index (κ3) is 1.08. The summed E-state index contributed by atoms with van der Waals surface area (Å²) < 4.78 is 5.45. The molecule has 0 bridgehead atoms. The molecule has 2 aliphatic heterocycles. The van der Waals surface area contributed by atoms with Gasteiger partial charge in [-0.2, -0.15) is 0 Å². The van der Waals surface area contributed by atoms with Gasteiger partial charge in [0.25, 0.3) is 0 Å². The normalized spacial score (nSPS) is 47.5. The minimum atomic E-state index is 0.242. The molecule has 0 amide bonds. The molecule has 0 aromatic carbocycles. The molecule has 3 heteroatoms. The Hall–Kier alpha value is -0.120. The topological polar surface area (TPSA) is 31.0 Å². The van der Waals surface area contributed by atoms with Crippen molar-refractivity contribution in [3.05, 3.63) is 0 Å². The first-order valence-electron chi connectivity index (χ1n) is 4.89. The molecule has 2 heterocycles. The molecule has 0 spiro atoms. The van der Waals surface area contributed by atoms with Crippen LogP contribution in [0.3, 0.4) is 0 Å². The Labute approximate surface area is 71.9 Å². The van der Waals surface area contributed by atoms with Gasteiger partial charge in [0, 0.05) is 0 Å². The highest BCUT2D eigenvalue weighted by molar-refractivity contribution is 4.96. The first-order chi connectivity index (χ1) is 5.95. The summed E-state index contributed by atoms with van der Waals surface area (Å²) in [5, 5.41) is 0. The molecule has 0 N–H and O–H groups in total. The van der Waals surface area contributed by atoms with Crippen molar-refractivity contribution in [3.8, 4) is 0 Å². The van der Waals surface area contributed by atoms with Crippen LogP contribution in [0.4, 0.5) is 0 Å². The van der Waals surface area contributed by atoms with Gasteiger partial charge in [0.05, 0.1) is 0 Å². The lowest BCUT2D eigenvalue weighted by molar-refractivity contribution is -0.345. The molecule has 1 aliphatic carbocycles. The zero-order valence-corrected chi connectivity index (χ0v) is 7.07. The molecule has 0 aromatic heterocycles. The van der Waals surface area contributed by atoms with E-state index in [1.165, 1.54) is 25.7 Å². The molecule has 0 unspecified atom stereocenters. The van der Waals surface area contributed by atoms with Gasteiger partial charge in [0.2, 0.25) is 0 Å². The molecule has 3 fully saturated rings. The molecule has 3 rings (SSSR count). The molecule has 3 nitrogen and oxygen atoms in total. The van der Waals surface area contributed by atoms with Crippen molar-refractivity contribution in [2.24, 2.45) is 5.92 Å². The molecule has 3 aliphatic rings. The number of epoxide rings is 1. The lowest BCUT2D eigenvalue weighted by Crippen LogP contribution is -2.34. The number of hydrogen-bond acceptors (Lipinski definition) is 3. The van der Waals surface area contributed by atoms with Crippen molar-refractivity contribution < 1.29 is 14.5 Å². The van der Waals surface area contributed by atoms with Gasteiger partial charge in [0.1, 0.15) is 24.9 Å². The second-order valence-electron chi connectivity index (χ2n) is 4.03. The van der Waals surface area contributed by atoms with Crippen LogP contribution in [0.5, 0.6) is 0 Å². The largest absolute Gasteiger partial charge is 0.364 e. The summed E-state index contributed by atoms with van der Waals surface area (Å²) in [6.07, 6.45) is 6.24. The van der Waals surface area contributed by atoms with Gasteiger partial charge < -0.3 is 4.74 Å². The second-order valence-corrected chi connectivity index (χ2v) is 4.03. The van der Waals surface area contributed by atoms with E-state index in [2.05, 4.69) is 0 Å². The average molecular weight is 170 g/mol. The van der Waals surface area contributed by atoms with E-state index in [0.29, 0.717) is 24.7 Å². The minimum absolute atomic E-state index is 0.242. The Morgan fingerprint density at radius 2 is 1.83 bits per heavy atom. The van der Waals surface area contributed by atoms with E-state index in [4.69, 9.17) is 14.5 Å². The van der Waals surface area contributed by atoms with Crippen molar-refractivity contribution >= 4 is 0 Å². The first-order valence-corrected chi connectivity index (χ1v) is 4.89. The third-order valence-corrected chi connectivity index (χ3v) is 3.22. The maximum atomic E-state index is 5.45. The van der Waals surface area contributed by atoms with Crippen molar-refractivity contribution in [2.45, 2.75) is 44.0 Å². The van der Waals surface area contributed by atoms with Crippen LogP contribution in [0.15, 0.2) is 0 Å². The summed E-state index contributed by atoms with van der Waals surface area (Å²) in [6.45, 7) is 0.633. The van der Waals surface area contributed by atoms with Gasteiger partial charge in [-0.15, -0.1) is 0 Å². The second kappa shape index (κ2) is 2.69. The van der Waals surface area contributed by atoms with Crippen molar-refractivity contribution in [1.29, 1.82) is 0 Å². The predicted octanol–water partition coefficient (Wildman–Crippen LogP) is 1.27. The fourth-order valence-electron chi connectivity index (χ4n) is 2.45. The minimum Gasteiger partial charge on any atom is -0.364 e. The lowest BCUT2D eigenvalue weighted by atomic mass is 9.96. The number of fused-ring (bicyclic) bond motifs is 1. The zero-order valence-electron chi connectivity index (χ0n) is 7.07. The van der Waals surface area contributed by atoms with Gasteiger partial charge >= 0.3 is 0 Å². The molecule has 3 atom stereocenters. The van der Waals surface area contributed by atoms with E-state index in [-0.39, 0.29) is 6.10 Å². The van der Waals surface area contributed by atoms with E-state index in [9.17, 15) is 0 Å². The standard InChI is InChI=1S/C9H14O3/c1-2-4-6(3-1)8-9-7(11-9)5-10-12-8/h6-9H,1-5H2/t7-,8-,9-/m1/s1. The smallest absolute Gasteiger partial charge is 0.124 e. The van der Waals surface area contributed by atoms with Gasteiger partial charge in [-0.3, -0.25) is 0 Å². The SMILES string of the molecule is C1CCC([C@H]2OOC[C@H]3O[C@@H]23)C1. The number of rotatable bonds is 1. The Morgan fingerprint density at radius 3 is 2.67 bits per heavy atom. The van der Waals surface area contributed by atoms with Crippen molar-refractivity contribution in [2.75, 3.05) is 6.61 Å². The average Bonchev–Trinajstić information content (AvgIpc) is 2.70. The van der Waals surface area contributed by atoms with Crippen molar-refractivity contribution in [1.82, 2.24) is 0 Å². The van der Waals surface area contributed by atoms with E-state index in [1.54, 1.807) is 0 Å². The Bertz CT molecular complexity index is 177. The van der Waals surface area contributed by atoms with Gasteiger partial charge in [-0.05, 0) is 18.8 Å². The van der Waals surface area contributed by atoms with Crippen LogP contribution in [-0.4, -0.2) is 24.9 Å². The Balaban J connectivity index is 1.66. The zero-order chi connectivity index (χ0) is 7.97. The van der Waals surface area contributed by atoms with Gasteiger partial charge in [-0.25, -0.2) is 9.78 Å². The fourth-order valence-corrected chi connectivity index (χ4v) is 2.45. The number of hydrogen-bond donors (Lipinski definition) is 0. The molecule has 0 radical (unpaired) electrons. The Kier molecular flexibility index (Phi) is 1.63. The maximum Gasteiger partial charge on any atom is 0.124 e. The van der Waals surface area contributed by atoms with Crippen LogP contribution in [-0.2, 0) is 14.5 Å². The van der Waals surface area contributed by atoms with E-state index >= 15 is 0 Å². The molecular weight excluding hydrogens is 156 g/mol. The monoisotopic (exact) mass is 170 g/mol. The highest BCUT2D eigenvalue weighted by Gasteiger charge is 2.52. The van der Waals surface area contributed by atoms with Crippen LogP contribution >= 0.6 is 0 Å². The molecule has 68 valence electrons. The van der Waals surface area contributed by atoms with Crippen LogP contribution < -0.4 is 0 Å². The molecule has 0 aromatic rings. The maximum absolute atomic E-state index is 5.45. The first kappa shape index (κ1) is 7.30. The van der Waals surface area contributed by atoms with Crippen molar-refractivity contribution in [3.63, 3.8) is 0 Å². The molecule has 1 saturated carbocycles. The fraction of sp³-hybridized carbons (Fsp3) is 1.00. The summed E-state index contributed by atoms with van der Waals surface area (Å²) in [5.74, 6) is 0.695. The summed E-state index contributed by atoms with van der Waals surface area (Å²) >= 11 is 0. The van der Waals surface area contributed by atoms with E-state index in [1.807, 2.05) is 0 Å². The summed E-state index contributed by atoms with van der Waals surface area (Å²) in [5.41, 5.74) is 0. The third-order valence-electron chi connectivity index (χ3n) is 3.22. The van der Waals surface area contributed by atoms with Crippen LogP contribution in [0.2, 0.25) is 0 Å². The predicted molar refractivity (Wildman–Crippen MR) is 41.4 cm³/mol. The van der Waals surface area contributed by atoms with E-state index < -0.39 is 0 Å². The summed E-state index contributed by atoms with van der Waals surface area (Å²) in [4.78, 5) is 10.3. The molecule has 12 heavy (non-hydrogen) atoms.